The Morgan fingerprint density at radius 3 is 2.69 bits per heavy atom. The van der Waals surface area contributed by atoms with Crippen LogP contribution in [0.4, 0.5) is 0 Å². The van der Waals surface area contributed by atoms with Crippen molar-refractivity contribution in [1.29, 1.82) is 0 Å². The highest BCUT2D eigenvalue weighted by Crippen LogP contribution is 2.37. The van der Waals surface area contributed by atoms with Crippen LogP contribution < -0.4 is 5.32 Å². The highest BCUT2D eigenvalue weighted by atomic mass is 79.9. The predicted octanol–water partition coefficient (Wildman–Crippen LogP) is 5.79. The standard InChI is InChI=1S/C25H31BrN2O/c1-18-10-12-21(13-11-18)15-19(2)16-25(29)27-17-20(3)28-14-6-9-24(28)22-7-4-5-8-23(22)26/h4-5,7-8,10-13,19,24H,3,6,9,14-17H2,1-2H3,(H,27,29)/t19?,24-/m1/s1. The highest BCUT2D eigenvalue weighted by molar-refractivity contribution is 9.10. The lowest BCUT2D eigenvalue weighted by atomic mass is 9.97. The van der Waals surface area contributed by atoms with Crippen molar-refractivity contribution < 1.29 is 4.79 Å². The smallest absolute Gasteiger partial charge is 0.220 e. The number of carbonyl (C=O) groups is 1. The van der Waals surface area contributed by atoms with Gasteiger partial charge in [0.1, 0.15) is 0 Å². The van der Waals surface area contributed by atoms with Crippen molar-refractivity contribution in [1.82, 2.24) is 10.2 Å². The molecule has 0 spiro atoms. The highest BCUT2D eigenvalue weighted by Gasteiger charge is 2.28. The monoisotopic (exact) mass is 454 g/mol. The molecule has 0 aliphatic carbocycles. The molecule has 0 bridgehead atoms. The second kappa shape index (κ2) is 10.1. The summed E-state index contributed by atoms with van der Waals surface area (Å²) in [4.78, 5) is 14.8. The fraction of sp³-hybridized carbons (Fsp3) is 0.400. The molecule has 0 radical (unpaired) electrons. The van der Waals surface area contributed by atoms with Gasteiger partial charge in [-0.15, -0.1) is 0 Å². The Kier molecular flexibility index (Phi) is 7.54. The zero-order valence-electron chi connectivity index (χ0n) is 17.5. The molecule has 1 unspecified atom stereocenters. The second-order valence-corrected chi connectivity index (χ2v) is 9.07. The molecule has 2 aromatic rings. The third kappa shape index (κ3) is 5.96. The lowest BCUT2D eigenvalue weighted by Crippen LogP contribution is -2.33. The van der Waals surface area contributed by atoms with Crippen LogP contribution in [0.15, 0.2) is 65.3 Å². The minimum Gasteiger partial charge on any atom is -0.367 e. The molecule has 1 aliphatic rings. The molecular weight excluding hydrogens is 424 g/mol. The molecule has 1 heterocycles. The number of aryl methyl sites for hydroxylation is 1. The summed E-state index contributed by atoms with van der Waals surface area (Å²) in [5.74, 6) is 0.410. The van der Waals surface area contributed by atoms with Gasteiger partial charge in [-0.1, -0.05) is 77.5 Å². The van der Waals surface area contributed by atoms with Gasteiger partial charge < -0.3 is 10.2 Å². The summed E-state index contributed by atoms with van der Waals surface area (Å²) < 4.78 is 1.14. The summed E-state index contributed by atoms with van der Waals surface area (Å²) in [5.41, 5.74) is 4.83. The summed E-state index contributed by atoms with van der Waals surface area (Å²) in [5, 5.41) is 3.08. The van der Waals surface area contributed by atoms with Crippen molar-refractivity contribution in [2.45, 2.75) is 45.6 Å². The Morgan fingerprint density at radius 2 is 1.97 bits per heavy atom. The lowest BCUT2D eigenvalue weighted by Gasteiger charge is -2.30. The van der Waals surface area contributed by atoms with Gasteiger partial charge in [-0.2, -0.15) is 0 Å². The number of nitrogens with one attached hydrogen (secondary N) is 1. The number of nitrogens with zero attached hydrogens (tertiary/aromatic N) is 1. The Morgan fingerprint density at radius 1 is 1.24 bits per heavy atom. The summed E-state index contributed by atoms with van der Waals surface area (Å²) in [6, 6.07) is 17.3. The summed E-state index contributed by atoms with van der Waals surface area (Å²) in [6.45, 7) is 10.00. The first-order valence-corrected chi connectivity index (χ1v) is 11.2. The number of hydrogen-bond acceptors (Lipinski definition) is 2. The van der Waals surface area contributed by atoms with Crippen molar-refractivity contribution in [2.75, 3.05) is 13.1 Å². The van der Waals surface area contributed by atoms with Crippen molar-refractivity contribution in [3.8, 4) is 0 Å². The van der Waals surface area contributed by atoms with Gasteiger partial charge >= 0.3 is 0 Å². The molecule has 154 valence electrons. The van der Waals surface area contributed by atoms with Crippen LogP contribution in [0, 0.1) is 12.8 Å². The molecular formula is C25H31BrN2O. The van der Waals surface area contributed by atoms with Gasteiger partial charge in [-0.05, 0) is 49.3 Å². The van der Waals surface area contributed by atoms with E-state index in [1.165, 1.54) is 16.7 Å². The molecule has 0 saturated carbocycles. The van der Waals surface area contributed by atoms with Gasteiger partial charge in [-0.25, -0.2) is 0 Å². The SMILES string of the molecule is C=C(CNC(=O)CC(C)Cc1ccc(C)cc1)N1CCC[C@@H]1c1ccccc1Br. The number of likely N-dealkylation sites (tertiary alicyclic amines) is 1. The Balaban J connectivity index is 1.48. The average Bonchev–Trinajstić information content (AvgIpc) is 3.18. The van der Waals surface area contributed by atoms with Crippen LogP contribution in [0.5, 0.6) is 0 Å². The van der Waals surface area contributed by atoms with Crippen LogP contribution in [0.2, 0.25) is 0 Å². The Bertz CT molecular complexity index is 846. The molecule has 29 heavy (non-hydrogen) atoms. The van der Waals surface area contributed by atoms with Gasteiger partial charge in [0, 0.05) is 23.1 Å². The first-order chi connectivity index (χ1) is 13.9. The van der Waals surface area contributed by atoms with E-state index in [9.17, 15) is 4.79 Å². The minimum absolute atomic E-state index is 0.0994. The third-order valence-corrected chi connectivity index (χ3v) is 6.37. The van der Waals surface area contributed by atoms with Gasteiger partial charge in [-0.3, -0.25) is 4.79 Å². The maximum atomic E-state index is 12.4. The molecule has 1 saturated heterocycles. The minimum atomic E-state index is 0.0994. The molecule has 1 N–H and O–H groups in total. The number of amides is 1. The van der Waals surface area contributed by atoms with Crippen LogP contribution in [0.1, 0.15) is 48.9 Å². The zero-order valence-corrected chi connectivity index (χ0v) is 19.0. The van der Waals surface area contributed by atoms with E-state index in [2.05, 4.69) is 89.0 Å². The molecule has 3 nitrogen and oxygen atoms in total. The first kappa shape index (κ1) is 21.6. The largest absolute Gasteiger partial charge is 0.367 e. The normalized spacial score (nSPS) is 17.2. The molecule has 1 aliphatic heterocycles. The van der Waals surface area contributed by atoms with Crippen molar-refractivity contribution in [3.05, 3.63) is 82.0 Å². The van der Waals surface area contributed by atoms with E-state index >= 15 is 0 Å². The average molecular weight is 455 g/mol. The molecule has 0 aromatic heterocycles. The molecule has 1 fully saturated rings. The first-order valence-electron chi connectivity index (χ1n) is 10.4. The number of hydrogen-bond donors (Lipinski definition) is 1. The van der Waals surface area contributed by atoms with Crippen molar-refractivity contribution in [3.63, 3.8) is 0 Å². The quantitative estimate of drug-likeness (QED) is 0.546. The summed E-state index contributed by atoms with van der Waals surface area (Å²) in [7, 11) is 0. The van der Waals surface area contributed by atoms with Crippen LogP contribution in [-0.4, -0.2) is 23.9 Å². The van der Waals surface area contributed by atoms with Crippen LogP contribution in [0.25, 0.3) is 0 Å². The maximum Gasteiger partial charge on any atom is 0.220 e. The van der Waals surface area contributed by atoms with E-state index in [1.807, 2.05) is 6.07 Å². The van der Waals surface area contributed by atoms with Crippen LogP contribution in [0.3, 0.4) is 0 Å². The van der Waals surface area contributed by atoms with Gasteiger partial charge in [0.05, 0.1) is 12.6 Å². The molecule has 2 aromatic carbocycles. The van der Waals surface area contributed by atoms with Crippen LogP contribution >= 0.6 is 15.9 Å². The van der Waals surface area contributed by atoms with E-state index < -0.39 is 0 Å². The number of benzene rings is 2. The fourth-order valence-corrected chi connectivity index (χ4v) is 4.65. The van der Waals surface area contributed by atoms with E-state index in [1.54, 1.807) is 0 Å². The van der Waals surface area contributed by atoms with E-state index in [-0.39, 0.29) is 5.91 Å². The van der Waals surface area contributed by atoms with Crippen LogP contribution in [-0.2, 0) is 11.2 Å². The van der Waals surface area contributed by atoms with E-state index in [0.29, 0.717) is 24.9 Å². The number of rotatable bonds is 8. The second-order valence-electron chi connectivity index (χ2n) is 8.21. The summed E-state index contributed by atoms with van der Waals surface area (Å²) >= 11 is 3.68. The summed E-state index contributed by atoms with van der Waals surface area (Å²) in [6.07, 6.45) is 3.72. The molecule has 2 atom stereocenters. The maximum absolute atomic E-state index is 12.4. The number of carbonyl (C=O) groups excluding carboxylic acids is 1. The zero-order chi connectivity index (χ0) is 20.8. The van der Waals surface area contributed by atoms with Gasteiger partial charge in [0.2, 0.25) is 5.91 Å². The Hall–Kier alpha value is -2.07. The third-order valence-electron chi connectivity index (χ3n) is 5.65. The van der Waals surface area contributed by atoms with E-state index in [0.717, 1.165) is 36.0 Å². The Labute approximate surface area is 183 Å². The van der Waals surface area contributed by atoms with Gasteiger partial charge in [0.25, 0.3) is 0 Å². The van der Waals surface area contributed by atoms with Gasteiger partial charge in [0.15, 0.2) is 0 Å². The number of halogens is 1. The molecule has 3 rings (SSSR count). The molecule has 1 amide bonds. The van der Waals surface area contributed by atoms with Crippen molar-refractivity contribution >= 4 is 21.8 Å². The lowest BCUT2D eigenvalue weighted by molar-refractivity contribution is -0.121. The molecule has 4 heteroatoms. The predicted molar refractivity (Wildman–Crippen MR) is 124 cm³/mol. The topological polar surface area (TPSA) is 32.3 Å². The van der Waals surface area contributed by atoms with E-state index in [4.69, 9.17) is 0 Å². The van der Waals surface area contributed by atoms with Crippen molar-refractivity contribution in [2.24, 2.45) is 5.92 Å². The fourth-order valence-electron chi connectivity index (χ4n) is 4.10.